The average Bonchev–Trinajstić information content (AvgIpc) is 2.65. The molecule has 1 heterocycles. The van der Waals surface area contributed by atoms with E-state index in [0.29, 0.717) is 17.0 Å². The zero-order valence-electron chi connectivity index (χ0n) is 14.8. The number of carbonyl (C=O) groups excluding carboxylic acids is 2. The molecule has 2 amide bonds. The van der Waals surface area contributed by atoms with E-state index < -0.39 is 18.4 Å². The van der Waals surface area contributed by atoms with E-state index in [1.165, 1.54) is 36.1 Å². The van der Waals surface area contributed by atoms with Crippen molar-refractivity contribution in [1.82, 2.24) is 5.32 Å². The molecule has 3 rings (SSSR count). The predicted octanol–water partition coefficient (Wildman–Crippen LogP) is 3.02. The molecule has 1 aliphatic rings. The van der Waals surface area contributed by atoms with Crippen LogP contribution in [0.1, 0.15) is 12.5 Å². The van der Waals surface area contributed by atoms with Gasteiger partial charge in [-0.05, 0) is 29.8 Å². The van der Waals surface area contributed by atoms with E-state index in [1.54, 1.807) is 24.3 Å². The molecule has 148 valence electrons. The lowest BCUT2D eigenvalue weighted by Crippen LogP contribution is -2.50. The molecule has 1 aliphatic heterocycles. The molecule has 1 N–H and O–H groups in total. The first kappa shape index (κ1) is 19.5. The van der Waals surface area contributed by atoms with Gasteiger partial charge in [0.25, 0.3) is 5.91 Å². The number of hydrogen-bond donors (Lipinski definition) is 1. The van der Waals surface area contributed by atoms with Crippen molar-refractivity contribution >= 4 is 17.5 Å². The Bertz CT molecular complexity index is 868. The second kappa shape index (κ2) is 7.79. The third kappa shape index (κ3) is 4.73. The average molecular weight is 394 g/mol. The Hall–Kier alpha value is -3.23. The van der Waals surface area contributed by atoms with Crippen LogP contribution in [0.25, 0.3) is 0 Å². The van der Waals surface area contributed by atoms with Gasteiger partial charge in [-0.2, -0.15) is 0 Å². The number of rotatable bonds is 4. The van der Waals surface area contributed by atoms with Crippen LogP contribution in [0.3, 0.4) is 0 Å². The van der Waals surface area contributed by atoms with Gasteiger partial charge in [0.05, 0.1) is 12.2 Å². The number of fused-ring (bicyclic) bond motifs is 1. The van der Waals surface area contributed by atoms with Crippen LogP contribution >= 0.6 is 0 Å². The molecule has 0 aromatic heterocycles. The fourth-order valence-corrected chi connectivity index (χ4v) is 2.78. The standard InChI is InChI=1S/C19H17F3N2O4/c1-12(25)24-11-17(27-16-5-3-2-4-15(16)24)18(26)23-10-13-6-8-14(9-7-13)28-19(20,21)22/h2-9,17H,10-11H2,1H3,(H,23,26). The predicted molar refractivity (Wildman–Crippen MR) is 93.9 cm³/mol. The van der Waals surface area contributed by atoms with E-state index in [2.05, 4.69) is 10.1 Å². The summed E-state index contributed by atoms with van der Waals surface area (Å²) < 4.78 is 46.0. The van der Waals surface area contributed by atoms with Crippen LogP contribution in [-0.2, 0) is 16.1 Å². The normalized spacial score (nSPS) is 16.0. The first-order valence-electron chi connectivity index (χ1n) is 8.39. The molecule has 1 unspecified atom stereocenters. The van der Waals surface area contributed by atoms with E-state index >= 15 is 0 Å². The van der Waals surface area contributed by atoms with Crippen molar-refractivity contribution in [3.63, 3.8) is 0 Å². The molecule has 6 nitrogen and oxygen atoms in total. The maximum absolute atomic E-state index is 12.5. The number of amides is 2. The highest BCUT2D eigenvalue weighted by Gasteiger charge is 2.32. The number of halogens is 3. The number of alkyl halides is 3. The molecule has 0 spiro atoms. The molecule has 0 saturated carbocycles. The number of carbonyl (C=O) groups is 2. The summed E-state index contributed by atoms with van der Waals surface area (Å²) in [7, 11) is 0. The Morgan fingerprint density at radius 3 is 2.50 bits per heavy atom. The van der Waals surface area contributed by atoms with Crippen molar-refractivity contribution in [2.24, 2.45) is 0 Å². The van der Waals surface area contributed by atoms with Gasteiger partial charge in [0.2, 0.25) is 5.91 Å². The summed E-state index contributed by atoms with van der Waals surface area (Å²) in [6.45, 7) is 1.56. The van der Waals surface area contributed by atoms with E-state index in [-0.39, 0.29) is 24.7 Å². The smallest absolute Gasteiger partial charge is 0.477 e. The first-order chi connectivity index (χ1) is 13.2. The van der Waals surface area contributed by atoms with Crippen LogP contribution in [-0.4, -0.2) is 30.8 Å². The highest BCUT2D eigenvalue weighted by atomic mass is 19.4. The summed E-state index contributed by atoms with van der Waals surface area (Å²) in [5.74, 6) is -0.560. The van der Waals surface area contributed by atoms with E-state index in [0.717, 1.165) is 0 Å². The van der Waals surface area contributed by atoms with E-state index in [1.807, 2.05) is 0 Å². The van der Waals surface area contributed by atoms with Crippen LogP contribution in [0.4, 0.5) is 18.9 Å². The SMILES string of the molecule is CC(=O)N1CC(C(=O)NCc2ccc(OC(F)(F)F)cc2)Oc2ccccc21. The minimum absolute atomic E-state index is 0.0660. The van der Waals surface area contributed by atoms with Gasteiger partial charge in [0, 0.05) is 13.5 Å². The monoisotopic (exact) mass is 394 g/mol. The summed E-state index contributed by atoms with van der Waals surface area (Å²) in [4.78, 5) is 25.8. The molecule has 2 aromatic carbocycles. The van der Waals surface area contributed by atoms with Gasteiger partial charge in [-0.3, -0.25) is 9.59 Å². The number of benzene rings is 2. The van der Waals surface area contributed by atoms with Gasteiger partial charge in [-0.25, -0.2) is 0 Å². The van der Waals surface area contributed by atoms with Crippen molar-refractivity contribution in [2.75, 3.05) is 11.4 Å². The van der Waals surface area contributed by atoms with Crippen molar-refractivity contribution in [1.29, 1.82) is 0 Å². The fraction of sp³-hybridized carbons (Fsp3) is 0.263. The Labute approximate surface area is 158 Å². The zero-order chi connectivity index (χ0) is 20.3. The molecule has 0 aliphatic carbocycles. The lowest BCUT2D eigenvalue weighted by molar-refractivity contribution is -0.274. The minimum atomic E-state index is -4.76. The number of ether oxygens (including phenoxy) is 2. The summed E-state index contributed by atoms with van der Waals surface area (Å²) >= 11 is 0. The molecule has 2 aromatic rings. The summed E-state index contributed by atoms with van der Waals surface area (Å²) in [5.41, 5.74) is 1.18. The van der Waals surface area contributed by atoms with E-state index in [9.17, 15) is 22.8 Å². The summed E-state index contributed by atoms with van der Waals surface area (Å²) in [6.07, 6.45) is -5.65. The Kier molecular flexibility index (Phi) is 5.43. The lowest BCUT2D eigenvalue weighted by Gasteiger charge is -2.33. The van der Waals surface area contributed by atoms with Crippen LogP contribution in [0.15, 0.2) is 48.5 Å². The molecule has 1 atom stereocenters. The zero-order valence-corrected chi connectivity index (χ0v) is 14.8. The molecule has 0 saturated heterocycles. The Balaban J connectivity index is 1.62. The fourth-order valence-electron chi connectivity index (χ4n) is 2.78. The Morgan fingerprint density at radius 1 is 1.18 bits per heavy atom. The maximum Gasteiger partial charge on any atom is 0.573 e. The lowest BCUT2D eigenvalue weighted by atomic mass is 10.1. The van der Waals surface area contributed by atoms with Crippen molar-refractivity contribution < 1.29 is 32.2 Å². The van der Waals surface area contributed by atoms with Gasteiger partial charge >= 0.3 is 6.36 Å². The molecular formula is C19H17F3N2O4. The maximum atomic E-state index is 12.5. The second-order valence-corrected chi connectivity index (χ2v) is 6.11. The molecular weight excluding hydrogens is 377 g/mol. The van der Waals surface area contributed by atoms with E-state index in [4.69, 9.17) is 4.74 Å². The van der Waals surface area contributed by atoms with Crippen LogP contribution < -0.4 is 19.7 Å². The van der Waals surface area contributed by atoms with Gasteiger partial charge < -0.3 is 19.7 Å². The van der Waals surface area contributed by atoms with Crippen LogP contribution in [0.2, 0.25) is 0 Å². The van der Waals surface area contributed by atoms with Gasteiger partial charge in [-0.1, -0.05) is 24.3 Å². The quantitative estimate of drug-likeness (QED) is 0.866. The second-order valence-electron chi connectivity index (χ2n) is 6.11. The molecule has 0 radical (unpaired) electrons. The Morgan fingerprint density at radius 2 is 1.86 bits per heavy atom. The van der Waals surface area contributed by atoms with Gasteiger partial charge in [-0.15, -0.1) is 13.2 Å². The highest BCUT2D eigenvalue weighted by Crippen LogP contribution is 2.33. The van der Waals surface area contributed by atoms with Crippen molar-refractivity contribution in [2.45, 2.75) is 25.9 Å². The van der Waals surface area contributed by atoms with Gasteiger partial charge in [0.15, 0.2) is 6.10 Å². The molecule has 0 bridgehead atoms. The van der Waals surface area contributed by atoms with Crippen LogP contribution in [0, 0.1) is 0 Å². The number of para-hydroxylation sites is 2. The number of nitrogens with one attached hydrogen (secondary N) is 1. The first-order valence-corrected chi connectivity index (χ1v) is 8.39. The topological polar surface area (TPSA) is 67.9 Å². The largest absolute Gasteiger partial charge is 0.573 e. The number of nitrogens with zero attached hydrogens (tertiary/aromatic N) is 1. The van der Waals surface area contributed by atoms with Crippen LogP contribution in [0.5, 0.6) is 11.5 Å². The minimum Gasteiger partial charge on any atom is -0.477 e. The molecule has 28 heavy (non-hydrogen) atoms. The summed E-state index contributed by atoms with van der Waals surface area (Å²) in [6, 6.07) is 12.1. The van der Waals surface area contributed by atoms with Crippen molar-refractivity contribution in [3.8, 4) is 11.5 Å². The van der Waals surface area contributed by atoms with Gasteiger partial charge in [0.1, 0.15) is 11.5 Å². The summed E-state index contributed by atoms with van der Waals surface area (Å²) in [5, 5.41) is 2.66. The number of hydrogen-bond acceptors (Lipinski definition) is 4. The third-order valence-corrected chi connectivity index (χ3v) is 4.07. The third-order valence-electron chi connectivity index (χ3n) is 4.07. The highest BCUT2D eigenvalue weighted by molar-refractivity contribution is 5.95. The number of anilines is 1. The van der Waals surface area contributed by atoms with Crippen molar-refractivity contribution in [3.05, 3.63) is 54.1 Å². The molecule has 0 fully saturated rings. The molecule has 9 heteroatoms.